The third-order valence-electron chi connectivity index (χ3n) is 3.99. The van der Waals surface area contributed by atoms with Crippen LogP contribution in [0.3, 0.4) is 0 Å². The maximum absolute atomic E-state index is 5.92. The monoisotopic (exact) mass is 303 g/mol. The van der Waals surface area contributed by atoms with Crippen molar-refractivity contribution < 1.29 is 9.47 Å². The molecule has 2 saturated heterocycles. The average molecular weight is 303 g/mol. The number of hydrogen-bond donors (Lipinski definition) is 1. The number of nitrogens with two attached hydrogens (primary N) is 1. The molecule has 118 valence electrons. The van der Waals surface area contributed by atoms with E-state index in [0.717, 1.165) is 18.2 Å². The van der Waals surface area contributed by atoms with E-state index in [2.05, 4.69) is 32.6 Å². The van der Waals surface area contributed by atoms with Gasteiger partial charge in [0.1, 0.15) is 17.7 Å². The second-order valence-electron chi connectivity index (χ2n) is 5.51. The summed E-state index contributed by atoms with van der Waals surface area (Å²) in [6.07, 6.45) is 5.60. The van der Waals surface area contributed by atoms with E-state index in [1.807, 2.05) is 6.07 Å². The van der Waals surface area contributed by atoms with Gasteiger partial charge in [0.05, 0.1) is 32.5 Å². The molecule has 2 aliphatic heterocycles. The van der Waals surface area contributed by atoms with Crippen LogP contribution in [0.2, 0.25) is 0 Å². The molecule has 2 fully saturated rings. The molecular formula is C15H21N5O2. The van der Waals surface area contributed by atoms with E-state index < -0.39 is 0 Å². The van der Waals surface area contributed by atoms with Crippen molar-refractivity contribution in [2.24, 2.45) is 0 Å². The third kappa shape index (κ3) is 2.93. The van der Waals surface area contributed by atoms with Crippen LogP contribution in [0.25, 0.3) is 0 Å². The topological polar surface area (TPSA) is 76.7 Å². The minimum absolute atomic E-state index is 0.127. The Kier molecular flexibility index (Phi) is 4.32. The van der Waals surface area contributed by atoms with Gasteiger partial charge in [-0.15, -0.1) is 6.42 Å². The molecule has 2 N–H and O–H groups in total. The maximum atomic E-state index is 5.92. The van der Waals surface area contributed by atoms with Gasteiger partial charge in [-0.25, -0.2) is 0 Å². The molecular weight excluding hydrogens is 282 g/mol. The maximum Gasteiger partial charge on any atom is 0.223 e. The van der Waals surface area contributed by atoms with Crippen molar-refractivity contribution in [3.63, 3.8) is 0 Å². The summed E-state index contributed by atoms with van der Waals surface area (Å²) in [5, 5.41) is 0. The molecule has 3 rings (SSSR count). The van der Waals surface area contributed by atoms with Gasteiger partial charge in [0.2, 0.25) is 5.95 Å². The van der Waals surface area contributed by atoms with Crippen molar-refractivity contribution in [2.75, 3.05) is 55.1 Å². The Morgan fingerprint density at radius 2 is 1.82 bits per heavy atom. The van der Waals surface area contributed by atoms with Crippen LogP contribution in [0, 0.1) is 12.3 Å². The van der Waals surface area contributed by atoms with Gasteiger partial charge in [-0.2, -0.15) is 9.97 Å². The van der Waals surface area contributed by atoms with Crippen molar-refractivity contribution in [3.05, 3.63) is 6.07 Å². The number of ether oxygens (including phenoxy) is 2. The lowest BCUT2D eigenvalue weighted by Gasteiger charge is -2.36. The molecule has 2 aliphatic rings. The van der Waals surface area contributed by atoms with Crippen LogP contribution < -0.4 is 15.5 Å². The van der Waals surface area contributed by atoms with Gasteiger partial charge >= 0.3 is 0 Å². The average Bonchev–Trinajstić information content (AvgIpc) is 2.54. The summed E-state index contributed by atoms with van der Waals surface area (Å²) in [4.78, 5) is 13.0. The van der Waals surface area contributed by atoms with Gasteiger partial charge in [-0.3, -0.25) is 0 Å². The fourth-order valence-corrected chi connectivity index (χ4v) is 2.82. The number of nitrogen functional groups attached to an aromatic ring is 1. The molecule has 7 nitrogen and oxygen atoms in total. The summed E-state index contributed by atoms with van der Waals surface area (Å²) in [7, 11) is 0. The molecule has 0 unspecified atom stereocenters. The molecule has 0 saturated carbocycles. The van der Waals surface area contributed by atoms with Crippen LogP contribution in [0.15, 0.2) is 6.07 Å². The van der Waals surface area contributed by atoms with Gasteiger partial charge in [0, 0.05) is 19.2 Å². The molecule has 7 heteroatoms. The highest BCUT2D eigenvalue weighted by Crippen LogP contribution is 2.25. The van der Waals surface area contributed by atoms with Crippen molar-refractivity contribution >= 4 is 17.6 Å². The zero-order valence-electron chi connectivity index (χ0n) is 12.7. The Labute approximate surface area is 130 Å². The molecule has 0 amide bonds. The first kappa shape index (κ1) is 14.9. The number of nitrogens with zero attached hydrogens (tertiary/aromatic N) is 4. The normalized spacial score (nSPS) is 25.8. The lowest BCUT2D eigenvalue weighted by Crippen LogP contribution is -2.46. The highest BCUT2D eigenvalue weighted by Gasteiger charge is 2.26. The molecule has 0 aromatic carbocycles. The number of hydrogen-bond acceptors (Lipinski definition) is 7. The summed E-state index contributed by atoms with van der Waals surface area (Å²) >= 11 is 0. The summed E-state index contributed by atoms with van der Waals surface area (Å²) in [5.74, 6) is 4.58. The van der Waals surface area contributed by atoms with Gasteiger partial charge in [0.25, 0.3) is 0 Å². The molecule has 0 radical (unpaired) electrons. The molecule has 22 heavy (non-hydrogen) atoms. The molecule has 0 aliphatic carbocycles. The molecule has 3 heterocycles. The van der Waals surface area contributed by atoms with Crippen LogP contribution in [0.5, 0.6) is 0 Å². The van der Waals surface area contributed by atoms with E-state index >= 15 is 0 Å². The predicted molar refractivity (Wildman–Crippen MR) is 84.9 cm³/mol. The van der Waals surface area contributed by atoms with Gasteiger partial charge < -0.3 is 25.0 Å². The quantitative estimate of drug-likeness (QED) is 0.778. The molecule has 2 atom stereocenters. The number of terminal acetylenes is 1. The summed E-state index contributed by atoms with van der Waals surface area (Å²) in [5.41, 5.74) is 5.92. The first-order chi connectivity index (χ1) is 10.7. The smallest absolute Gasteiger partial charge is 0.223 e. The third-order valence-corrected chi connectivity index (χ3v) is 3.99. The first-order valence-corrected chi connectivity index (χ1v) is 7.48. The molecule has 1 aromatic heterocycles. The van der Waals surface area contributed by atoms with Crippen LogP contribution in [0.4, 0.5) is 17.6 Å². The van der Waals surface area contributed by atoms with Gasteiger partial charge in [-0.05, 0) is 6.92 Å². The van der Waals surface area contributed by atoms with E-state index in [1.165, 1.54) is 0 Å². The fraction of sp³-hybridized carbons (Fsp3) is 0.600. The van der Waals surface area contributed by atoms with Gasteiger partial charge in [-0.1, -0.05) is 5.92 Å². The lowest BCUT2D eigenvalue weighted by atomic mass is 10.2. The van der Waals surface area contributed by atoms with E-state index in [4.69, 9.17) is 21.6 Å². The minimum atomic E-state index is -0.127. The van der Waals surface area contributed by atoms with Crippen molar-refractivity contribution in [3.8, 4) is 12.3 Å². The first-order valence-electron chi connectivity index (χ1n) is 7.48. The Morgan fingerprint density at radius 3 is 2.50 bits per heavy atom. The van der Waals surface area contributed by atoms with Gasteiger partial charge in [0.15, 0.2) is 0 Å². The highest BCUT2D eigenvalue weighted by molar-refractivity contribution is 5.56. The zero-order valence-corrected chi connectivity index (χ0v) is 12.7. The Hall–Kier alpha value is -2.04. The Balaban J connectivity index is 1.90. The standard InChI is InChI=1S/C15H21N5O2/c1-3-12-10-22-7-5-20(12)14-8-13(17-15(16)18-14)19-4-6-21-9-11(19)2/h1,8,11-12H,4-7,9-10H2,2H3,(H2,16,17,18)/t11-,12-/m0/s1. The summed E-state index contributed by atoms with van der Waals surface area (Å²) in [6.45, 7) is 6.10. The number of aromatic nitrogens is 2. The summed E-state index contributed by atoms with van der Waals surface area (Å²) < 4.78 is 10.9. The second-order valence-corrected chi connectivity index (χ2v) is 5.51. The highest BCUT2D eigenvalue weighted by atomic mass is 16.5. The second kappa shape index (κ2) is 6.38. The fourth-order valence-electron chi connectivity index (χ4n) is 2.82. The van der Waals surface area contributed by atoms with Crippen LogP contribution in [0.1, 0.15) is 6.92 Å². The van der Waals surface area contributed by atoms with Crippen molar-refractivity contribution in [1.82, 2.24) is 9.97 Å². The summed E-state index contributed by atoms with van der Waals surface area (Å²) in [6, 6.07) is 2.08. The Bertz CT molecular complexity index is 574. The molecule has 1 aromatic rings. The SMILES string of the molecule is C#C[C@H]1COCCN1c1cc(N2CCOC[C@@H]2C)nc(N)n1. The molecule has 0 spiro atoms. The number of rotatable bonds is 2. The number of morpholine rings is 2. The van der Waals surface area contributed by atoms with Crippen LogP contribution in [-0.2, 0) is 9.47 Å². The van der Waals surface area contributed by atoms with Crippen molar-refractivity contribution in [1.29, 1.82) is 0 Å². The minimum Gasteiger partial charge on any atom is -0.377 e. The van der Waals surface area contributed by atoms with E-state index in [9.17, 15) is 0 Å². The lowest BCUT2D eigenvalue weighted by molar-refractivity contribution is 0.0985. The van der Waals surface area contributed by atoms with Crippen molar-refractivity contribution in [2.45, 2.75) is 19.0 Å². The zero-order chi connectivity index (χ0) is 15.5. The largest absolute Gasteiger partial charge is 0.377 e. The van der Waals surface area contributed by atoms with E-state index in [0.29, 0.717) is 33.0 Å². The van der Waals surface area contributed by atoms with E-state index in [1.54, 1.807) is 0 Å². The predicted octanol–water partition coefficient (Wildman–Crippen LogP) is 0.122. The van der Waals surface area contributed by atoms with E-state index in [-0.39, 0.29) is 18.0 Å². The molecule has 0 bridgehead atoms. The number of anilines is 3. The Morgan fingerprint density at radius 1 is 1.18 bits per heavy atom. The van der Waals surface area contributed by atoms with Crippen LogP contribution >= 0.6 is 0 Å². The van der Waals surface area contributed by atoms with Crippen LogP contribution in [-0.4, -0.2) is 61.6 Å².